The van der Waals surface area contributed by atoms with Gasteiger partial charge in [0, 0.05) is 24.2 Å². The Labute approximate surface area is 316 Å². The van der Waals surface area contributed by atoms with E-state index in [4.69, 9.17) is 23.7 Å². The van der Waals surface area contributed by atoms with Crippen LogP contribution >= 0.6 is 0 Å². The van der Waals surface area contributed by atoms with Gasteiger partial charge in [0.15, 0.2) is 18.4 Å². The molecule has 3 saturated carbocycles. The molecule has 0 aromatic rings. The fourth-order valence-electron chi connectivity index (χ4n) is 12.1. The summed E-state index contributed by atoms with van der Waals surface area (Å²) in [6.45, 7) is 7.69. The van der Waals surface area contributed by atoms with E-state index in [0.29, 0.717) is 37.5 Å². The fraction of sp³-hybridized carbons (Fsp3) is 0.949. The van der Waals surface area contributed by atoms with Crippen LogP contribution in [0.2, 0.25) is 0 Å². The molecule has 15 heteroatoms. The maximum absolute atomic E-state index is 12.0. The summed E-state index contributed by atoms with van der Waals surface area (Å²) in [7, 11) is 0. The minimum absolute atomic E-state index is 0.0514. The third-order valence-electron chi connectivity index (χ3n) is 15.4. The number of ether oxygens (including phenoxy) is 5. The number of aliphatic hydroxyl groups excluding tert-OH is 9. The molecule has 310 valence electrons. The zero-order chi connectivity index (χ0) is 39.1. The molecule has 3 saturated heterocycles. The van der Waals surface area contributed by atoms with E-state index >= 15 is 0 Å². The Balaban J connectivity index is 0.965. The molecule has 2 unspecified atom stereocenters. The van der Waals surface area contributed by atoms with Gasteiger partial charge in [-0.25, -0.2) is 0 Å². The van der Waals surface area contributed by atoms with Crippen LogP contribution in [0.4, 0.5) is 0 Å². The molecular formula is C39H64O15. The molecule has 7 aliphatic rings. The van der Waals surface area contributed by atoms with Crippen LogP contribution in [0, 0.1) is 46.3 Å². The molecule has 15 nitrogen and oxygen atoms in total. The number of rotatable bonds is 10. The summed E-state index contributed by atoms with van der Waals surface area (Å²) in [4.78, 5) is 0. The number of aliphatic hydroxyl groups is 10. The SMILES string of the molecule is C[C@H](CC[C@@]1(O)O[C@H]2C[C@H]3C4CC=C5C[C@H](O[C@@H]6O[C@H](CO)[C@@H](O)[C@H](O)[C@H]6O)C[C@@H](O)[C@]5(C)C4CC[C@]3(C)[C@H]2[C@@H]1C)CO[C@@H]1O[C@H](CO)[C@@H](O)[C@H](O)[C@H]1O. The van der Waals surface area contributed by atoms with Crippen molar-refractivity contribution in [1.82, 2.24) is 0 Å². The van der Waals surface area contributed by atoms with Gasteiger partial charge >= 0.3 is 0 Å². The Morgan fingerprint density at radius 3 is 2.13 bits per heavy atom. The summed E-state index contributed by atoms with van der Waals surface area (Å²) in [6.07, 6.45) is -7.09. The van der Waals surface area contributed by atoms with Gasteiger partial charge in [-0.1, -0.05) is 39.3 Å². The summed E-state index contributed by atoms with van der Waals surface area (Å²) in [5.41, 5.74) is 0.615. The van der Waals surface area contributed by atoms with Gasteiger partial charge in [0.1, 0.15) is 48.8 Å². The van der Waals surface area contributed by atoms with E-state index in [-0.39, 0.29) is 41.8 Å². The van der Waals surface area contributed by atoms with E-state index in [1.807, 2.05) is 6.92 Å². The van der Waals surface area contributed by atoms with Crippen molar-refractivity contribution in [1.29, 1.82) is 0 Å². The van der Waals surface area contributed by atoms with Gasteiger partial charge in [-0.15, -0.1) is 0 Å². The molecule has 6 fully saturated rings. The lowest BCUT2D eigenvalue weighted by atomic mass is 9.46. The maximum atomic E-state index is 12.0. The molecule has 4 aliphatic carbocycles. The highest BCUT2D eigenvalue weighted by atomic mass is 16.7. The third-order valence-corrected chi connectivity index (χ3v) is 15.4. The van der Waals surface area contributed by atoms with Gasteiger partial charge in [-0.2, -0.15) is 0 Å². The second-order valence-electron chi connectivity index (χ2n) is 18.3. The van der Waals surface area contributed by atoms with Gasteiger partial charge in [0.05, 0.1) is 38.1 Å². The minimum Gasteiger partial charge on any atom is -0.394 e. The van der Waals surface area contributed by atoms with Crippen molar-refractivity contribution in [2.45, 2.75) is 165 Å². The van der Waals surface area contributed by atoms with Crippen LogP contribution < -0.4 is 0 Å². The zero-order valence-corrected chi connectivity index (χ0v) is 31.8. The normalized spacial score (nSPS) is 55.0. The van der Waals surface area contributed by atoms with Gasteiger partial charge in [0.2, 0.25) is 0 Å². The lowest BCUT2D eigenvalue weighted by Gasteiger charge is -2.60. The molecule has 0 aromatic heterocycles. The first-order valence-electron chi connectivity index (χ1n) is 20.1. The number of hydrogen-bond donors (Lipinski definition) is 10. The first kappa shape index (κ1) is 41.3. The van der Waals surface area contributed by atoms with Crippen LogP contribution in [0.15, 0.2) is 11.6 Å². The van der Waals surface area contributed by atoms with Gasteiger partial charge in [-0.3, -0.25) is 0 Å². The van der Waals surface area contributed by atoms with Crippen LogP contribution in [-0.2, 0) is 23.7 Å². The maximum Gasteiger partial charge on any atom is 0.186 e. The van der Waals surface area contributed by atoms with E-state index in [0.717, 1.165) is 31.3 Å². The van der Waals surface area contributed by atoms with E-state index in [1.165, 1.54) is 0 Å². The quantitative estimate of drug-likeness (QED) is 0.123. The Morgan fingerprint density at radius 2 is 1.48 bits per heavy atom. The molecule has 3 heterocycles. The second kappa shape index (κ2) is 15.4. The highest BCUT2D eigenvalue weighted by molar-refractivity contribution is 5.28. The summed E-state index contributed by atoms with van der Waals surface area (Å²) < 4.78 is 29.6. The van der Waals surface area contributed by atoms with Gasteiger partial charge < -0.3 is 74.7 Å². The fourth-order valence-corrected chi connectivity index (χ4v) is 12.1. The Bertz CT molecular complexity index is 1350. The van der Waals surface area contributed by atoms with E-state index in [2.05, 4.69) is 26.8 Å². The van der Waals surface area contributed by atoms with Crippen LogP contribution in [0.5, 0.6) is 0 Å². The molecule has 7 rings (SSSR count). The summed E-state index contributed by atoms with van der Waals surface area (Å²) >= 11 is 0. The van der Waals surface area contributed by atoms with Crippen molar-refractivity contribution in [2.75, 3.05) is 19.8 Å². The number of allylic oxidation sites excluding steroid dienone is 1. The number of fused-ring (bicyclic) bond motifs is 7. The molecule has 0 aromatic carbocycles. The molecule has 0 spiro atoms. The molecule has 22 atom stereocenters. The van der Waals surface area contributed by atoms with Crippen molar-refractivity contribution in [3.63, 3.8) is 0 Å². The highest BCUT2D eigenvalue weighted by Gasteiger charge is 2.68. The molecule has 54 heavy (non-hydrogen) atoms. The van der Waals surface area contributed by atoms with Crippen LogP contribution in [0.25, 0.3) is 0 Å². The topological polar surface area (TPSA) is 248 Å². The summed E-state index contributed by atoms with van der Waals surface area (Å²) in [5, 5.41) is 104. The average molecular weight is 773 g/mol. The van der Waals surface area contributed by atoms with Gasteiger partial charge in [0.25, 0.3) is 0 Å². The summed E-state index contributed by atoms with van der Waals surface area (Å²) in [6, 6.07) is 0. The molecule has 0 bridgehead atoms. The first-order valence-corrected chi connectivity index (χ1v) is 20.1. The minimum atomic E-state index is -1.53. The van der Waals surface area contributed by atoms with Crippen molar-refractivity contribution in [2.24, 2.45) is 46.3 Å². The standard InChI is InChI=1S/C39H64O15/c1-17(16-50-35-33(47)31(45)29(43)25(14-40)52-35)7-10-39(49)18(2)28-24(54-39)13-23-21-6-5-19-11-20(51-36-34(48)32(46)30(44)26(15-41)53-36)12-27(42)38(19,4)22(21)8-9-37(23,28)3/h5,17-18,20-36,40-49H,6-16H2,1-4H3/t17-,18+,20+,21?,22?,23+,24+,25-,26-,27-,28+,29-,30-,31+,32+,33-,34-,35-,36-,37+,38+,39-/m1/s1. The predicted molar refractivity (Wildman–Crippen MR) is 188 cm³/mol. The molecule has 10 N–H and O–H groups in total. The van der Waals surface area contributed by atoms with Crippen LogP contribution in [-0.4, -0.2) is 156 Å². The van der Waals surface area contributed by atoms with Crippen molar-refractivity contribution >= 4 is 0 Å². The molecular weight excluding hydrogens is 708 g/mol. The van der Waals surface area contributed by atoms with Crippen LogP contribution in [0.1, 0.15) is 79.1 Å². The number of hydrogen-bond acceptors (Lipinski definition) is 15. The largest absolute Gasteiger partial charge is 0.394 e. The summed E-state index contributed by atoms with van der Waals surface area (Å²) in [5.74, 6) is -0.365. The monoisotopic (exact) mass is 772 g/mol. The van der Waals surface area contributed by atoms with Crippen molar-refractivity contribution in [3.05, 3.63) is 11.6 Å². The van der Waals surface area contributed by atoms with Crippen molar-refractivity contribution < 1.29 is 74.7 Å². The lowest BCUT2D eigenvalue weighted by Crippen LogP contribution is -2.60. The molecule has 0 amide bonds. The van der Waals surface area contributed by atoms with Gasteiger partial charge in [-0.05, 0) is 73.5 Å². The second-order valence-corrected chi connectivity index (χ2v) is 18.3. The predicted octanol–water partition coefficient (Wildman–Crippen LogP) is -0.712. The third kappa shape index (κ3) is 6.74. The Morgan fingerprint density at radius 1 is 0.852 bits per heavy atom. The van der Waals surface area contributed by atoms with E-state index < -0.39 is 98.0 Å². The van der Waals surface area contributed by atoms with E-state index in [9.17, 15) is 51.1 Å². The highest BCUT2D eigenvalue weighted by Crippen LogP contribution is 2.70. The molecule has 3 aliphatic heterocycles. The first-order chi connectivity index (χ1) is 25.5. The average Bonchev–Trinajstić information content (AvgIpc) is 3.58. The zero-order valence-electron chi connectivity index (χ0n) is 31.8. The Hall–Kier alpha value is -0.860. The Kier molecular flexibility index (Phi) is 11.8. The van der Waals surface area contributed by atoms with Crippen molar-refractivity contribution in [3.8, 4) is 0 Å². The van der Waals surface area contributed by atoms with Crippen LogP contribution in [0.3, 0.4) is 0 Å². The van der Waals surface area contributed by atoms with E-state index in [1.54, 1.807) is 0 Å². The lowest BCUT2D eigenvalue weighted by molar-refractivity contribution is -0.315. The molecule has 0 radical (unpaired) electrons. The smallest absolute Gasteiger partial charge is 0.186 e.